The lowest BCUT2D eigenvalue weighted by Gasteiger charge is -2.10. The second-order valence-electron chi connectivity index (χ2n) is 6.15. The van der Waals surface area contributed by atoms with Crippen molar-refractivity contribution < 1.29 is 13.6 Å². The monoisotopic (exact) mass is 352 g/mol. The molecule has 0 spiro atoms. The Kier molecular flexibility index (Phi) is 4.35. The highest BCUT2D eigenvalue weighted by molar-refractivity contribution is 5.99. The van der Waals surface area contributed by atoms with Gasteiger partial charge < -0.3 is 15.1 Å². The molecule has 1 aliphatic rings. The summed E-state index contributed by atoms with van der Waals surface area (Å²) in [5.41, 5.74) is 1.93. The van der Waals surface area contributed by atoms with E-state index >= 15 is 0 Å². The Balaban J connectivity index is 1.44. The fraction of sp³-hybridized carbons (Fsp3) is 0.211. The minimum Gasteiger partial charge on any atom is -0.419 e. The maximum Gasteiger partial charge on any atom is 0.253 e. The molecule has 1 fully saturated rings. The van der Waals surface area contributed by atoms with Crippen LogP contribution in [0.15, 0.2) is 52.9 Å². The van der Waals surface area contributed by atoms with Crippen LogP contribution in [0.25, 0.3) is 11.5 Å². The number of amides is 1. The van der Waals surface area contributed by atoms with Crippen LogP contribution in [0.1, 0.15) is 29.1 Å². The third-order valence-electron chi connectivity index (χ3n) is 4.07. The number of halogens is 1. The van der Waals surface area contributed by atoms with Crippen molar-refractivity contribution in [2.75, 3.05) is 5.32 Å². The summed E-state index contributed by atoms with van der Waals surface area (Å²) in [4.78, 5) is 12.3. The van der Waals surface area contributed by atoms with Gasteiger partial charge in [-0.05, 0) is 49.2 Å². The molecule has 4 rings (SSSR count). The number of carbonyl (C=O) groups excluding carboxylic acids is 1. The van der Waals surface area contributed by atoms with Crippen molar-refractivity contribution in [3.05, 3.63) is 65.8 Å². The van der Waals surface area contributed by atoms with Gasteiger partial charge in [-0.15, -0.1) is 10.2 Å². The van der Waals surface area contributed by atoms with Gasteiger partial charge in [-0.3, -0.25) is 4.79 Å². The first-order valence-electron chi connectivity index (χ1n) is 8.41. The van der Waals surface area contributed by atoms with Gasteiger partial charge in [0.15, 0.2) is 0 Å². The summed E-state index contributed by atoms with van der Waals surface area (Å²) < 4.78 is 18.6. The predicted molar refractivity (Wildman–Crippen MR) is 93.9 cm³/mol. The van der Waals surface area contributed by atoms with Crippen LogP contribution in [-0.2, 0) is 6.54 Å². The summed E-state index contributed by atoms with van der Waals surface area (Å²) in [5, 5.41) is 14.1. The molecule has 1 aliphatic carbocycles. The van der Waals surface area contributed by atoms with Crippen molar-refractivity contribution >= 4 is 11.6 Å². The summed E-state index contributed by atoms with van der Waals surface area (Å²) in [7, 11) is 0. The van der Waals surface area contributed by atoms with E-state index in [9.17, 15) is 9.18 Å². The standard InChI is InChI=1S/C19H17FN4O2/c20-13-7-5-12(6-8-13)19-24-23-17(26-19)11-21-16-4-2-1-3-15(16)18(25)22-14-9-10-14/h1-8,14,21H,9-11H2,(H,22,25). The molecular formula is C19H17FN4O2. The third-order valence-corrected chi connectivity index (χ3v) is 4.07. The molecule has 0 bridgehead atoms. The highest BCUT2D eigenvalue weighted by atomic mass is 19.1. The number of benzene rings is 2. The van der Waals surface area contributed by atoms with Crippen molar-refractivity contribution in [1.82, 2.24) is 15.5 Å². The molecule has 1 saturated carbocycles. The summed E-state index contributed by atoms with van der Waals surface area (Å²) in [5.74, 6) is 0.285. The molecule has 1 heterocycles. The number of aromatic nitrogens is 2. The number of nitrogens with one attached hydrogen (secondary N) is 2. The number of hydrogen-bond donors (Lipinski definition) is 2. The molecule has 6 nitrogen and oxygen atoms in total. The van der Waals surface area contributed by atoms with Gasteiger partial charge in [-0.1, -0.05) is 12.1 Å². The minimum absolute atomic E-state index is 0.0897. The average molecular weight is 352 g/mol. The lowest BCUT2D eigenvalue weighted by molar-refractivity contribution is 0.0952. The van der Waals surface area contributed by atoms with Crippen molar-refractivity contribution in [3.8, 4) is 11.5 Å². The molecule has 1 aromatic heterocycles. The first kappa shape index (κ1) is 16.3. The molecule has 0 atom stereocenters. The largest absolute Gasteiger partial charge is 0.419 e. The highest BCUT2D eigenvalue weighted by Gasteiger charge is 2.24. The Morgan fingerprint density at radius 1 is 1.12 bits per heavy atom. The van der Waals surface area contributed by atoms with E-state index in [0.29, 0.717) is 34.6 Å². The molecule has 26 heavy (non-hydrogen) atoms. The molecule has 7 heteroatoms. The molecule has 0 unspecified atom stereocenters. The van der Waals surface area contributed by atoms with Gasteiger partial charge in [0.1, 0.15) is 5.82 Å². The molecule has 0 aliphatic heterocycles. The molecule has 1 amide bonds. The van der Waals surface area contributed by atoms with Gasteiger partial charge >= 0.3 is 0 Å². The van der Waals surface area contributed by atoms with Crippen LogP contribution in [0.2, 0.25) is 0 Å². The normalized spacial score (nSPS) is 13.4. The molecule has 0 saturated heterocycles. The quantitative estimate of drug-likeness (QED) is 0.711. The van der Waals surface area contributed by atoms with Gasteiger partial charge in [0.2, 0.25) is 11.8 Å². The van der Waals surface area contributed by atoms with Crippen LogP contribution in [-0.4, -0.2) is 22.1 Å². The van der Waals surface area contributed by atoms with Crippen molar-refractivity contribution in [2.24, 2.45) is 0 Å². The Morgan fingerprint density at radius 2 is 1.88 bits per heavy atom. The van der Waals surface area contributed by atoms with Crippen LogP contribution >= 0.6 is 0 Å². The Labute approximate surface area is 149 Å². The molecule has 132 valence electrons. The first-order chi connectivity index (χ1) is 12.7. The summed E-state index contributed by atoms with van der Waals surface area (Å²) in [6, 6.07) is 13.4. The molecule has 2 aromatic carbocycles. The van der Waals surface area contributed by atoms with Crippen molar-refractivity contribution in [2.45, 2.75) is 25.4 Å². The lowest BCUT2D eigenvalue weighted by Crippen LogP contribution is -2.26. The maximum absolute atomic E-state index is 13.0. The van der Waals surface area contributed by atoms with Gasteiger partial charge in [-0.2, -0.15) is 0 Å². The SMILES string of the molecule is O=C(NC1CC1)c1ccccc1NCc1nnc(-c2ccc(F)cc2)o1. The van der Waals surface area contributed by atoms with E-state index in [1.54, 1.807) is 18.2 Å². The molecule has 2 N–H and O–H groups in total. The number of nitrogens with zero attached hydrogens (tertiary/aromatic N) is 2. The van der Waals surface area contributed by atoms with Crippen LogP contribution in [0.4, 0.5) is 10.1 Å². The van der Waals surface area contributed by atoms with E-state index in [4.69, 9.17) is 4.42 Å². The Hall–Kier alpha value is -3.22. The van der Waals surface area contributed by atoms with E-state index in [0.717, 1.165) is 12.8 Å². The van der Waals surface area contributed by atoms with Gasteiger partial charge in [0, 0.05) is 17.3 Å². The highest BCUT2D eigenvalue weighted by Crippen LogP contribution is 2.22. The van der Waals surface area contributed by atoms with Crippen LogP contribution < -0.4 is 10.6 Å². The average Bonchev–Trinajstić information content (AvgIpc) is 3.35. The molecule has 0 radical (unpaired) electrons. The van der Waals surface area contributed by atoms with E-state index in [-0.39, 0.29) is 18.3 Å². The first-order valence-corrected chi connectivity index (χ1v) is 8.41. The van der Waals surface area contributed by atoms with E-state index < -0.39 is 0 Å². The third kappa shape index (κ3) is 3.72. The number of para-hydroxylation sites is 1. The summed E-state index contributed by atoms with van der Waals surface area (Å²) in [6.45, 7) is 0.280. The smallest absolute Gasteiger partial charge is 0.253 e. The van der Waals surface area contributed by atoms with E-state index in [1.165, 1.54) is 12.1 Å². The van der Waals surface area contributed by atoms with Crippen LogP contribution in [0.3, 0.4) is 0 Å². The molecular weight excluding hydrogens is 335 g/mol. The van der Waals surface area contributed by atoms with Crippen molar-refractivity contribution in [1.29, 1.82) is 0 Å². The zero-order valence-electron chi connectivity index (χ0n) is 13.9. The van der Waals surface area contributed by atoms with Crippen molar-refractivity contribution in [3.63, 3.8) is 0 Å². The number of anilines is 1. The van der Waals surface area contributed by atoms with Crippen LogP contribution in [0.5, 0.6) is 0 Å². The summed E-state index contributed by atoms with van der Waals surface area (Å²) >= 11 is 0. The Bertz CT molecular complexity index is 919. The Morgan fingerprint density at radius 3 is 2.65 bits per heavy atom. The van der Waals surface area contributed by atoms with E-state index in [1.807, 2.05) is 18.2 Å². The minimum atomic E-state index is -0.323. The zero-order valence-corrected chi connectivity index (χ0v) is 13.9. The van der Waals surface area contributed by atoms with Gasteiger partial charge in [-0.25, -0.2) is 4.39 Å². The van der Waals surface area contributed by atoms with E-state index in [2.05, 4.69) is 20.8 Å². The second kappa shape index (κ2) is 6.95. The van der Waals surface area contributed by atoms with Gasteiger partial charge in [0.05, 0.1) is 12.1 Å². The zero-order chi connectivity index (χ0) is 17.9. The number of carbonyl (C=O) groups is 1. The maximum atomic E-state index is 13.0. The predicted octanol–water partition coefficient (Wildman–Crippen LogP) is 3.38. The number of rotatable bonds is 6. The molecule has 3 aromatic rings. The topological polar surface area (TPSA) is 80.0 Å². The fourth-order valence-corrected chi connectivity index (χ4v) is 2.53. The number of hydrogen-bond acceptors (Lipinski definition) is 5. The summed E-state index contributed by atoms with van der Waals surface area (Å²) in [6.07, 6.45) is 2.07. The van der Waals surface area contributed by atoms with Gasteiger partial charge in [0.25, 0.3) is 5.91 Å². The van der Waals surface area contributed by atoms with Crippen LogP contribution in [0, 0.1) is 5.82 Å². The second-order valence-corrected chi connectivity index (χ2v) is 6.15. The lowest BCUT2D eigenvalue weighted by atomic mass is 10.1. The fourth-order valence-electron chi connectivity index (χ4n) is 2.53.